The molecule has 7 heteroatoms. The van der Waals surface area contributed by atoms with E-state index in [4.69, 9.17) is 9.47 Å². The lowest BCUT2D eigenvalue weighted by Crippen LogP contribution is -2.54. The minimum atomic E-state index is -0.225. The summed E-state index contributed by atoms with van der Waals surface area (Å²) in [6, 6.07) is 0. The fourth-order valence-electron chi connectivity index (χ4n) is 2.80. The van der Waals surface area contributed by atoms with Gasteiger partial charge in [0.25, 0.3) is 0 Å². The molecular formula is C17H34N4O3. The van der Waals surface area contributed by atoms with Crippen molar-refractivity contribution in [1.29, 1.82) is 0 Å². The largest absolute Gasteiger partial charge is 0.450 e. The summed E-state index contributed by atoms with van der Waals surface area (Å²) < 4.78 is 10.8. The van der Waals surface area contributed by atoms with Crippen LogP contribution in [0.2, 0.25) is 0 Å². The van der Waals surface area contributed by atoms with Gasteiger partial charge in [0.1, 0.15) is 0 Å². The van der Waals surface area contributed by atoms with Crippen LogP contribution in [-0.4, -0.2) is 80.9 Å². The topological polar surface area (TPSA) is 66.4 Å². The number of rotatable bonds is 7. The predicted molar refractivity (Wildman–Crippen MR) is 96.4 cm³/mol. The monoisotopic (exact) mass is 342 g/mol. The number of carbonyl (C=O) groups is 1. The number of ether oxygens (including phenoxy) is 2. The Morgan fingerprint density at radius 1 is 1.12 bits per heavy atom. The van der Waals surface area contributed by atoms with Crippen molar-refractivity contribution in [3.05, 3.63) is 0 Å². The van der Waals surface area contributed by atoms with Crippen molar-refractivity contribution in [2.75, 3.05) is 53.0 Å². The molecule has 0 spiro atoms. The van der Waals surface area contributed by atoms with Gasteiger partial charge in [0.15, 0.2) is 5.96 Å². The quantitative estimate of drug-likeness (QED) is 0.564. The molecule has 1 N–H and O–H groups in total. The summed E-state index contributed by atoms with van der Waals surface area (Å²) in [6.07, 6.45) is 0.991. The standard InChI is InChI=1S/C17H34N4O3/c1-6-23-15(14(3)4)8-9-19-16(18-5)20-10-12-21(13-11-20)17(22)24-7-2/h14-15H,6-13H2,1-5H3,(H,18,19). The Kier molecular flexibility index (Phi) is 9.52. The van der Waals surface area contributed by atoms with Gasteiger partial charge in [-0.2, -0.15) is 0 Å². The van der Waals surface area contributed by atoms with Gasteiger partial charge in [-0.3, -0.25) is 4.99 Å². The summed E-state index contributed by atoms with van der Waals surface area (Å²) in [7, 11) is 1.79. The molecule has 1 fully saturated rings. The van der Waals surface area contributed by atoms with Crippen LogP contribution in [0.5, 0.6) is 0 Å². The number of amides is 1. The molecule has 0 bridgehead atoms. The highest BCUT2D eigenvalue weighted by atomic mass is 16.6. The average molecular weight is 342 g/mol. The van der Waals surface area contributed by atoms with E-state index < -0.39 is 0 Å². The van der Waals surface area contributed by atoms with Gasteiger partial charge in [0.2, 0.25) is 0 Å². The number of hydrogen-bond acceptors (Lipinski definition) is 4. The van der Waals surface area contributed by atoms with Crippen molar-refractivity contribution >= 4 is 12.1 Å². The molecule has 0 saturated carbocycles. The van der Waals surface area contributed by atoms with Crippen molar-refractivity contribution in [2.24, 2.45) is 10.9 Å². The first-order valence-electron chi connectivity index (χ1n) is 9.02. The summed E-state index contributed by atoms with van der Waals surface area (Å²) in [6.45, 7) is 13.1. The second-order valence-corrected chi connectivity index (χ2v) is 6.17. The second kappa shape index (κ2) is 11.1. The molecule has 0 radical (unpaired) electrons. The van der Waals surface area contributed by atoms with Gasteiger partial charge in [-0.25, -0.2) is 4.79 Å². The van der Waals surface area contributed by atoms with E-state index in [0.29, 0.717) is 25.6 Å². The highest BCUT2D eigenvalue weighted by Crippen LogP contribution is 2.10. The summed E-state index contributed by atoms with van der Waals surface area (Å²) in [4.78, 5) is 20.0. The molecule has 24 heavy (non-hydrogen) atoms. The number of nitrogens with one attached hydrogen (secondary N) is 1. The van der Waals surface area contributed by atoms with Crippen molar-refractivity contribution in [3.63, 3.8) is 0 Å². The third-order valence-electron chi connectivity index (χ3n) is 4.15. The Balaban J connectivity index is 2.39. The van der Waals surface area contributed by atoms with Crippen molar-refractivity contribution in [3.8, 4) is 0 Å². The summed E-state index contributed by atoms with van der Waals surface area (Å²) >= 11 is 0. The van der Waals surface area contributed by atoms with Crippen molar-refractivity contribution in [1.82, 2.24) is 15.1 Å². The van der Waals surface area contributed by atoms with Crippen LogP contribution in [0, 0.1) is 5.92 Å². The third-order valence-corrected chi connectivity index (χ3v) is 4.15. The minimum Gasteiger partial charge on any atom is -0.450 e. The van der Waals surface area contributed by atoms with Crippen LogP contribution in [-0.2, 0) is 9.47 Å². The Hall–Kier alpha value is -1.50. The first-order chi connectivity index (χ1) is 11.5. The first kappa shape index (κ1) is 20.5. The minimum absolute atomic E-state index is 0.225. The molecule has 1 atom stereocenters. The first-order valence-corrected chi connectivity index (χ1v) is 9.02. The van der Waals surface area contributed by atoms with Gasteiger partial charge in [-0.1, -0.05) is 13.8 Å². The summed E-state index contributed by atoms with van der Waals surface area (Å²) in [5.41, 5.74) is 0. The van der Waals surface area contributed by atoms with E-state index in [1.807, 2.05) is 13.8 Å². The SMILES string of the molecule is CCOC(=O)N1CCN(C(=NC)NCCC(OCC)C(C)C)CC1. The summed E-state index contributed by atoms with van der Waals surface area (Å²) in [5.74, 6) is 1.39. The summed E-state index contributed by atoms with van der Waals surface area (Å²) in [5, 5.41) is 3.41. The fourth-order valence-corrected chi connectivity index (χ4v) is 2.80. The van der Waals surface area contributed by atoms with Gasteiger partial charge >= 0.3 is 6.09 Å². The number of carbonyl (C=O) groups excluding carboxylic acids is 1. The van der Waals surface area contributed by atoms with E-state index in [9.17, 15) is 4.79 Å². The molecule has 140 valence electrons. The second-order valence-electron chi connectivity index (χ2n) is 6.17. The van der Waals surface area contributed by atoms with Crippen LogP contribution >= 0.6 is 0 Å². The number of piperazine rings is 1. The van der Waals surface area contributed by atoms with Crippen LogP contribution in [0.25, 0.3) is 0 Å². The van der Waals surface area contributed by atoms with E-state index in [2.05, 4.69) is 29.1 Å². The molecule has 1 heterocycles. The third kappa shape index (κ3) is 6.55. The molecule has 1 saturated heterocycles. The van der Waals surface area contributed by atoms with Crippen LogP contribution < -0.4 is 5.32 Å². The van der Waals surface area contributed by atoms with E-state index in [1.165, 1.54) is 0 Å². The molecule has 0 aromatic rings. The normalized spacial score (nSPS) is 17.2. The van der Waals surface area contributed by atoms with Crippen LogP contribution in [0.3, 0.4) is 0 Å². The Morgan fingerprint density at radius 3 is 2.25 bits per heavy atom. The maximum atomic E-state index is 11.7. The average Bonchev–Trinajstić information content (AvgIpc) is 2.58. The number of aliphatic imine (C=N–C) groups is 1. The van der Waals surface area contributed by atoms with Crippen molar-refractivity contribution < 1.29 is 14.3 Å². The highest BCUT2D eigenvalue weighted by Gasteiger charge is 2.23. The molecule has 1 rings (SSSR count). The fraction of sp³-hybridized carbons (Fsp3) is 0.882. The van der Waals surface area contributed by atoms with Gasteiger partial charge in [0, 0.05) is 46.4 Å². The van der Waals surface area contributed by atoms with E-state index >= 15 is 0 Å². The molecular weight excluding hydrogens is 308 g/mol. The van der Waals surface area contributed by atoms with Crippen LogP contribution in [0.15, 0.2) is 4.99 Å². The maximum Gasteiger partial charge on any atom is 0.409 e. The molecule has 1 unspecified atom stereocenters. The Bertz CT molecular complexity index is 393. The van der Waals surface area contributed by atoms with E-state index in [0.717, 1.165) is 38.6 Å². The zero-order valence-electron chi connectivity index (χ0n) is 15.9. The van der Waals surface area contributed by atoms with E-state index in [-0.39, 0.29) is 12.2 Å². The number of nitrogens with zero attached hydrogens (tertiary/aromatic N) is 3. The van der Waals surface area contributed by atoms with Gasteiger partial charge in [-0.15, -0.1) is 0 Å². The Labute approximate surface area is 146 Å². The maximum absolute atomic E-state index is 11.7. The lowest BCUT2D eigenvalue weighted by atomic mass is 10.0. The molecule has 0 aliphatic carbocycles. The number of guanidine groups is 1. The Morgan fingerprint density at radius 2 is 1.75 bits per heavy atom. The smallest absolute Gasteiger partial charge is 0.409 e. The van der Waals surface area contributed by atoms with Gasteiger partial charge < -0.3 is 24.6 Å². The van der Waals surface area contributed by atoms with Gasteiger partial charge in [0.05, 0.1) is 12.7 Å². The van der Waals surface area contributed by atoms with Crippen LogP contribution in [0.1, 0.15) is 34.1 Å². The molecule has 1 aliphatic heterocycles. The zero-order valence-corrected chi connectivity index (χ0v) is 15.9. The molecule has 7 nitrogen and oxygen atoms in total. The predicted octanol–water partition coefficient (Wildman–Crippen LogP) is 1.79. The zero-order chi connectivity index (χ0) is 17.9. The molecule has 0 aromatic carbocycles. The molecule has 1 aliphatic rings. The lowest BCUT2D eigenvalue weighted by molar-refractivity contribution is 0.0256. The molecule has 1 amide bonds. The lowest BCUT2D eigenvalue weighted by Gasteiger charge is -2.36. The van der Waals surface area contributed by atoms with Crippen LogP contribution in [0.4, 0.5) is 4.79 Å². The van der Waals surface area contributed by atoms with Crippen molar-refractivity contribution in [2.45, 2.75) is 40.2 Å². The van der Waals surface area contributed by atoms with Gasteiger partial charge in [-0.05, 0) is 26.2 Å². The highest BCUT2D eigenvalue weighted by molar-refractivity contribution is 5.80. The number of hydrogen-bond donors (Lipinski definition) is 1. The van der Waals surface area contributed by atoms with E-state index in [1.54, 1.807) is 11.9 Å². The molecule has 0 aromatic heterocycles.